The molecule has 3 N–H and O–H groups in total. The van der Waals surface area contributed by atoms with Gasteiger partial charge in [-0.1, -0.05) is 56.0 Å². The zero-order chi connectivity index (χ0) is 14.4. The molecule has 2 nitrogen and oxygen atoms in total. The molecule has 1 fully saturated rings. The molecule has 3 unspecified atom stereocenters. The summed E-state index contributed by atoms with van der Waals surface area (Å²) in [5, 5.41) is 0. The number of nitrogens with one attached hydrogen (secondary N) is 1. The third-order valence-electron chi connectivity index (χ3n) is 5.05. The van der Waals surface area contributed by atoms with Crippen LogP contribution in [-0.2, 0) is 6.42 Å². The number of hydrazine groups is 1. The fraction of sp³-hybridized carbons (Fsp3) is 0.667. The van der Waals surface area contributed by atoms with E-state index in [2.05, 4.69) is 43.5 Å². The van der Waals surface area contributed by atoms with Crippen molar-refractivity contribution < 1.29 is 0 Å². The third-order valence-corrected chi connectivity index (χ3v) is 5.05. The van der Waals surface area contributed by atoms with E-state index >= 15 is 0 Å². The smallest absolute Gasteiger partial charge is 0.0242 e. The normalized spacial score (nSPS) is 24.6. The second-order valence-corrected chi connectivity index (χ2v) is 6.50. The predicted octanol–water partition coefficient (Wildman–Crippen LogP) is 3.98. The first-order chi connectivity index (χ1) is 9.72. The maximum absolute atomic E-state index is 5.83. The van der Waals surface area contributed by atoms with Crippen molar-refractivity contribution in [3.8, 4) is 0 Å². The van der Waals surface area contributed by atoms with Gasteiger partial charge in [0.2, 0.25) is 0 Å². The first kappa shape index (κ1) is 15.5. The van der Waals surface area contributed by atoms with Crippen molar-refractivity contribution in [3.63, 3.8) is 0 Å². The molecule has 0 radical (unpaired) electrons. The average molecular weight is 274 g/mol. The van der Waals surface area contributed by atoms with Gasteiger partial charge >= 0.3 is 0 Å². The fourth-order valence-electron chi connectivity index (χ4n) is 3.60. The quantitative estimate of drug-likeness (QED) is 0.608. The molecule has 112 valence electrons. The van der Waals surface area contributed by atoms with Crippen LogP contribution in [0, 0.1) is 18.8 Å². The Hall–Kier alpha value is -0.860. The van der Waals surface area contributed by atoms with Crippen molar-refractivity contribution in [2.45, 2.75) is 64.8 Å². The van der Waals surface area contributed by atoms with Gasteiger partial charge in [-0.25, -0.2) is 0 Å². The minimum Gasteiger partial charge on any atom is -0.271 e. The standard InChI is InChI=1S/C18H30N2/c1-3-15-5-4-6-17(13-15)18(20-19)12-11-16-9-7-14(2)8-10-16/h7-10,15,17-18,20H,3-6,11-13,19H2,1-2H3. The molecule has 1 aliphatic rings. The Morgan fingerprint density at radius 1 is 1.25 bits per heavy atom. The van der Waals surface area contributed by atoms with Crippen LogP contribution in [0.2, 0.25) is 0 Å². The van der Waals surface area contributed by atoms with Gasteiger partial charge in [0.15, 0.2) is 0 Å². The van der Waals surface area contributed by atoms with Gasteiger partial charge < -0.3 is 0 Å². The van der Waals surface area contributed by atoms with Gasteiger partial charge in [0.1, 0.15) is 0 Å². The molecule has 0 saturated heterocycles. The highest BCUT2D eigenvalue weighted by atomic mass is 15.2. The summed E-state index contributed by atoms with van der Waals surface area (Å²) in [7, 11) is 0. The van der Waals surface area contributed by atoms with Crippen LogP contribution in [0.1, 0.15) is 56.6 Å². The minimum atomic E-state index is 0.477. The van der Waals surface area contributed by atoms with Crippen LogP contribution in [0.15, 0.2) is 24.3 Å². The summed E-state index contributed by atoms with van der Waals surface area (Å²) < 4.78 is 0. The lowest BCUT2D eigenvalue weighted by Gasteiger charge is -2.34. The van der Waals surface area contributed by atoms with E-state index in [0.29, 0.717) is 6.04 Å². The Kier molecular flexibility index (Phi) is 6.06. The molecule has 1 saturated carbocycles. The third kappa shape index (κ3) is 4.32. The van der Waals surface area contributed by atoms with E-state index in [9.17, 15) is 0 Å². The molecule has 0 spiro atoms. The van der Waals surface area contributed by atoms with Crippen molar-refractivity contribution in [2.75, 3.05) is 0 Å². The SMILES string of the molecule is CCC1CCCC(C(CCc2ccc(C)cc2)NN)C1. The highest BCUT2D eigenvalue weighted by Crippen LogP contribution is 2.33. The zero-order valence-electron chi connectivity index (χ0n) is 13.1. The van der Waals surface area contributed by atoms with Crippen molar-refractivity contribution >= 4 is 0 Å². The molecular formula is C18H30N2. The highest BCUT2D eigenvalue weighted by Gasteiger charge is 2.26. The van der Waals surface area contributed by atoms with Gasteiger partial charge in [-0.05, 0) is 50.0 Å². The first-order valence-electron chi connectivity index (χ1n) is 8.24. The Morgan fingerprint density at radius 2 is 2.00 bits per heavy atom. The molecule has 3 atom stereocenters. The van der Waals surface area contributed by atoms with Crippen molar-refractivity contribution in [3.05, 3.63) is 35.4 Å². The number of benzene rings is 1. The van der Waals surface area contributed by atoms with Crippen LogP contribution in [-0.4, -0.2) is 6.04 Å². The second-order valence-electron chi connectivity index (χ2n) is 6.50. The second kappa shape index (κ2) is 7.80. The Balaban J connectivity index is 1.86. The maximum atomic E-state index is 5.83. The molecular weight excluding hydrogens is 244 g/mol. The number of rotatable bonds is 6. The predicted molar refractivity (Wildman–Crippen MR) is 86.4 cm³/mol. The number of hydrogen-bond donors (Lipinski definition) is 2. The lowest BCUT2D eigenvalue weighted by atomic mass is 9.76. The molecule has 0 amide bonds. The minimum absolute atomic E-state index is 0.477. The molecule has 20 heavy (non-hydrogen) atoms. The topological polar surface area (TPSA) is 38.0 Å². The molecule has 1 aromatic carbocycles. The van der Waals surface area contributed by atoms with Gasteiger partial charge in [-0.15, -0.1) is 0 Å². The molecule has 1 aliphatic carbocycles. The molecule has 1 aromatic rings. The summed E-state index contributed by atoms with van der Waals surface area (Å²) in [4.78, 5) is 0. The zero-order valence-corrected chi connectivity index (χ0v) is 13.1. The fourth-order valence-corrected chi connectivity index (χ4v) is 3.60. The van der Waals surface area contributed by atoms with Crippen molar-refractivity contribution in [1.82, 2.24) is 5.43 Å². The van der Waals surface area contributed by atoms with Crippen LogP contribution in [0.5, 0.6) is 0 Å². The van der Waals surface area contributed by atoms with Crippen LogP contribution in [0.3, 0.4) is 0 Å². The van der Waals surface area contributed by atoms with E-state index in [-0.39, 0.29) is 0 Å². The van der Waals surface area contributed by atoms with Gasteiger partial charge in [0.05, 0.1) is 0 Å². The number of nitrogens with two attached hydrogens (primary N) is 1. The van der Waals surface area contributed by atoms with Crippen LogP contribution < -0.4 is 11.3 Å². The van der Waals surface area contributed by atoms with Gasteiger partial charge in [0, 0.05) is 6.04 Å². The largest absolute Gasteiger partial charge is 0.271 e. The summed E-state index contributed by atoms with van der Waals surface area (Å²) in [6.45, 7) is 4.46. The van der Waals surface area contributed by atoms with Crippen LogP contribution in [0.25, 0.3) is 0 Å². The number of hydrogen-bond acceptors (Lipinski definition) is 2. The van der Waals surface area contributed by atoms with Gasteiger partial charge in [0.25, 0.3) is 0 Å². The van der Waals surface area contributed by atoms with Crippen molar-refractivity contribution in [1.29, 1.82) is 0 Å². The highest BCUT2D eigenvalue weighted by molar-refractivity contribution is 5.21. The van der Waals surface area contributed by atoms with Crippen LogP contribution >= 0.6 is 0 Å². The summed E-state index contributed by atoms with van der Waals surface area (Å²) in [5.74, 6) is 7.52. The van der Waals surface area contributed by atoms with E-state index < -0.39 is 0 Å². The molecule has 0 aliphatic heterocycles. The van der Waals surface area contributed by atoms with E-state index in [1.165, 1.54) is 43.2 Å². The summed E-state index contributed by atoms with van der Waals surface area (Å²) >= 11 is 0. The van der Waals surface area contributed by atoms with Crippen molar-refractivity contribution in [2.24, 2.45) is 17.7 Å². The van der Waals surface area contributed by atoms with E-state index in [1.54, 1.807) is 0 Å². The Morgan fingerprint density at radius 3 is 2.65 bits per heavy atom. The lowest BCUT2D eigenvalue weighted by Crippen LogP contribution is -2.42. The number of aryl methyl sites for hydroxylation is 2. The molecule has 2 rings (SSSR count). The summed E-state index contributed by atoms with van der Waals surface area (Å²) in [5.41, 5.74) is 5.86. The van der Waals surface area contributed by atoms with E-state index in [0.717, 1.165) is 24.7 Å². The van der Waals surface area contributed by atoms with E-state index in [4.69, 9.17) is 5.84 Å². The summed E-state index contributed by atoms with van der Waals surface area (Å²) in [6.07, 6.45) is 9.11. The molecule has 0 heterocycles. The molecule has 0 bridgehead atoms. The summed E-state index contributed by atoms with van der Waals surface area (Å²) in [6, 6.07) is 9.38. The van der Waals surface area contributed by atoms with E-state index in [1.807, 2.05) is 0 Å². The Labute approximate surface area is 124 Å². The first-order valence-corrected chi connectivity index (χ1v) is 8.24. The Bertz CT molecular complexity index is 385. The van der Waals surface area contributed by atoms with Gasteiger partial charge in [-0.3, -0.25) is 11.3 Å². The van der Waals surface area contributed by atoms with Gasteiger partial charge in [-0.2, -0.15) is 0 Å². The average Bonchev–Trinajstić information content (AvgIpc) is 2.50. The molecule has 2 heteroatoms. The monoisotopic (exact) mass is 274 g/mol. The molecule has 0 aromatic heterocycles. The maximum Gasteiger partial charge on any atom is 0.0242 e. The van der Waals surface area contributed by atoms with Crippen LogP contribution in [0.4, 0.5) is 0 Å². The lowest BCUT2D eigenvalue weighted by molar-refractivity contribution is 0.202.